The summed E-state index contributed by atoms with van der Waals surface area (Å²) in [6, 6.07) is 17.9. The molecule has 2 heterocycles. The van der Waals surface area contributed by atoms with Crippen LogP contribution in [0.5, 0.6) is 0 Å². The third kappa shape index (κ3) is 4.95. The molecule has 0 radical (unpaired) electrons. The molecule has 0 unspecified atom stereocenters. The van der Waals surface area contributed by atoms with Crippen molar-refractivity contribution in [3.63, 3.8) is 0 Å². The SMILES string of the molecule is O=C(CN1C(=O)S/C(=C/c2ccc(Sc3ccccc3)cc2)C1=O)N1CCOCC1. The lowest BCUT2D eigenvalue weighted by atomic mass is 10.2. The van der Waals surface area contributed by atoms with Gasteiger partial charge >= 0.3 is 0 Å². The molecular formula is C22H20N2O4S2. The Bertz CT molecular complexity index is 970. The molecule has 6 nitrogen and oxygen atoms in total. The van der Waals surface area contributed by atoms with Crippen molar-refractivity contribution in [2.45, 2.75) is 9.79 Å². The number of imide groups is 1. The second kappa shape index (κ2) is 9.51. The third-order valence-electron chi connectivity index (χ3n) is 4.69. The van der Waals surface area contributed by atoms with E-state index in [1.165, 1.54) is 0 Å². The highest BCUT2D eigenvalue weighted by Gasteiger charge is 2.37. The maximum atomic E-state index is 12.7. The van der Waals surface area contributed by atoms with E-state index in [9.17, 15) is 14.4 Å². The minimum absolute atomic E-state index is 0.228. The molecule has 2 aliphatic heterocycles. The van der Waals surface area contributed by atoms with Gasteiger partial charge < -0.3 is 9.64 Å². The highest BCUT2D eigenvalue weighted by atomic mass is 32.2. The first kappa shape index (κ1) is 20.7. The number of morpholine rings is 1. The smallest absolute Gasteiger partial charge is 0.294 e. The molecule has 30 heavy (non-hydrogen) atoms. The van der Waals surface area contributed by atoms with Crippen molar-refractivity contribution in [3.8, 4) is 0 Å². The predicted molar refractivity (Wildman–Crippen MR) is 117 cm³/mol. The maximum absolute atomic E-state index is 12.7. The number of nitrogens with zero attached hydrogens (tertiary/aromatic N) is 2. The van der Waals surface area contributed by atoms with E-state index in [2.05, 4.69) is 0 Å². The van der Waals surface area contributed by atoms with Gasteiger partial charge in [-0.15, -0.1) is 0 Å². The molecule has 0 spiro atoms. The summed E-state index contributed by atoms with van der Waals surface area (Å²) >= 11 is 2.52. The molecule has 2 aromatic carbocycles. The van der Waals surface area contributed by atoms with Crippen LogP contribution in [0.4, 0.5) is 4.79 Å². The predicted octanol–water partition coefficient (Wildman–Crippen LogP) is 3.73. The summed E-state index contributed by atoms with van der Waals surface area (Å²) in [6.45, 7) is 1.70. The third-order valence-corrected chi connectivity index (χ3v) is 6.61. The summed E-state index contributed by atoms with van der Waals surface area (Å²) in [4.78, 5) is 42.6. The van der Waals surface area contributed by atoms with Crippen LogP contribution in [0.25, 0.3) is 6.08 Å². The lowest BCUT2D eigenvalue weighted by Gasteiger charge is -2.28. The summed E-state index contributed by atoms with van der Waals surface area (Å²) in [5.74, 6) is -0.654. The molecule has 2 fully saturated rings. The van der Waals surface area contributed by atoms with Gasteiger partial charge in [0.25, 0.3) is 11.1 Å². The van der Waals surface area contributed by atoms with Crippen LogP contribution in [-0.2, 0) is 14.3 Å². The van der Waals surface area contributed by atoms with Crippen LogP contribution in [-0.4, -0.2) is 59.7 Å². The average molecular weight is 441 g/mol. The number of amides is 3. The molecule has 154 valence electrons. The van der Waals surface area contributed by atoms with Gasteiger partial charge in [0, 0.05) is 22.9 Å². The summed E-state index contributed by atoms with van der Waals surface area (Å²) in [7, 11) is 0. The monoisotopic (exact) mass is 440 g/mol. The quantitative estimate of drug-likeness (QED) is 0.660. The zero-order valence-corrected chi connectivity index (χ0v) is 17.8. The molecule has 0 atom stereocenters. The molecule has 3 amide bonds. The first-order valence-electron chi connectivity index (χ1n) is 9.54. The van der Waals surface area contributed by atoms with E-state index < -0.39 is 11.1 Å². The zero-order valence-electron chi connectivity index (χ0n) is 16.2. The van der Waals surface area contributed by atoms with Gasteiger partial charge in [0.05, 0.1) is 18.1 Å². The van der Waals surface area contributed by atoms with Gasteiger partial charge in [-0.3, -0.25) is 19.3 Å². The standard InChI is InChI=1S/C22H20N2O4S2/c25-20(23-10-12-28-13-11-23)15-24-21(26)19(30-22(24)27)14-16-6-8-18(9-7-16)29-17-4-2-1-3-5-17/h1-9,14H,10-13,15H2/b19-14+. The minimum atomic E-state index is -0.422. The number of thioether (sulfide) groups is 1. The van der Waals surface area contributed by atoms with Crippen molar-refractivity contribution in [2.24, 2.45) is 0 Å². The molecule has 2 saturated heterocycles. The Morgan fingerprint density at radius 1 is 1.00 bits per heavy atom. The molecule has 0 saturated carbocycles. The molecule has 0 N–H and O–H groups in total. The van der Waals surface area contributed by atoms with E-state index >= 15 is 0 Å². The Kier molecular flexibility index (Phi) is 6.56. The Balaban J connectivity index is 1.40. The number of hydrogen-bond donors (Lipinski definition) is 0. The number of benzene rings is 2. The van der Waals surface area contributed by atoms with Crippen LogP contribution < -0.4 is 0 Å². The van der Waals surface area contributed by atoms with E-state index in [0.29, 0.717) is 31.2 Å². The van der Waals surface area contributed by atoms with E-state index in [1.807, 2.05) is 54.6 Å². The van der Waals surface area contributed by atoms with Gasteiger partial charge in [-0.05, 0) is 47.7 Å². The summed E-state index contributed by atoms with van der Waals surface area (Å²) in [6.07, 6.45) is 1.70. The lowest BCUT2D eigenvalue weighted by Crippen LogP contribution is -2.46. The molecule has 0 bridgehead atoms. The summed E-state index contributed by atoms with van der Waals surface area (Å²) in [5, 5.41) is -0.413. The van der Waals surface area contributed by atoms with E-state index in [0.717, 1.165) is 32.0 Å². The fourth-order valence-electron chi connectivity index (χ4n) is 3.09. The molecule has 4 rings (SSSR count). The molecule has 0 aromatic heterocycles. The summed E-state index contributed by atoms with van der Waals surface area (Å²) < 4.78 is 5.23. The Hall–Kier alpha value is -2.55. The van der Waals surface area contributed by atoms with Gasteiger partial charge in [-0.25, -0.2) is 0 Å². The zero-order chi connectivity index (χ0) is 20.9. The van der Waals surface area contributed by atoms with Crippen LogP contribution in [0.15, 0.2) is 69.3 Å². The van der Waals surface area contributed by atoms with Gasteiger partial charge in [-0.2, -0.15) is 0 Å². The number of carbonyl (C=O) groups excluding carboxylic acids is 3. The van der Waals surface area contributed by atoms with Crippen LogP contribution in [0.2, 0.25) is 0 Å². The molecule has 2 aliphatic rings. The highest BCUT2D eigenvalue weighted by Crippen LogP contribution is 2.33. The topological polar surface area (TPSA) is 66.9 Å². The van der Waals surface area contributed by atoms with Crippen molar-refractivity contribution in [1.82, 2.24) is 9.80 Å². The second-order valence-corrected chi connectivity index (χ2v) is 8.89. The normalized spacial score (nSPS) is 18.3. The van der Waals surface area contributed by atoms with Crippen LogP contribution in [0.3, 0.4) is 0 Å². The lowest BCUT2D eigenvalue weighted by molar-refractivity contribution is -0.139. The van der Waals surface area contributed by atoms with Gasteiger partial charge in [0.15, 0.2) is 0 Å². The van der Waals surface area contributed by atoms with Crippen molar-refractivity contribution in [3.05, 3.63) is 65.1 Å². The van der Waals surface area contributed by atoms with Crippen LogP contribution in [0, 0.1) is 0 Å². The minimum Gasteiger partial charge on any atom is -0.378 e. The van der Waals surface area contributed by atoms with Gasteiger partial charge in [0.1, 0.15) is 6.54 Å². The van der Waals surface area contributed by atoms with Crippen molar-refractivity contribution >= 4 is 46.7 Å². The number of carbonyl (C=O) groups is 3. The molecule has 8 heteroatoms. The van der Waals surface area contributed by atoms with E-state index in [1.54, 1.807) is 22.7 Å². The summed E-state index contributed by atoms with van der Waals surface area (Å²) in [5.41, 5.74) is 0.831. The number of ether oxygens (including phenoxy) is 1. The van der Waals surface area contributed by atoms with E-state index in [-0.39, 0.29) is 12.5 Å². The molecule has 0 aliphatic carbocycles. The van der Waals surface area contributed by atoms with Crippen molar-refractivity contribution < 1.29 is 19.1 Å². The van der Waals surface area contributed by atoms with Gasteiger partial charge in [-0.1, -0.05) is 42.1 Å². The van der Waals surface area contributed by atoms with Crippen molar-refractivity contribution in [2.75, 3.05) is 32.8 Å². The van der Waals surface area contributed by atoms with E-state index in [4.69, 9.17) is 4.74 Å². The average Bonchev–Trinajstić information content (AvgIpc) is 3.04. The Labute approximate surface area is 183 Å². The fraction of sp³-hybridized carbons (Fsp3) is 0.227. The second-order valence-electron chi connectivity index (χ2n) is 6.75. The van der Waals surface area contributed by atoms with Crippen molar-refractivity contribution in [1.29, 1.82) is 0 Å². The fourth-order valence-corrected chi connectivity index (χ4v) is 4.77. The first-order valence-corrected chi connectivity index (χ1v) is 11.2. The Morgan fingerprint density at radius 3 is 2.37 bits per heavy atom. The molecule has 2 aromatic rings. The highest BCUT2D eigenvalue weighted by molar-refractivity contribution is 8.18. The maximum Gasteiger partial charge on any atom is 0.294 e. The Morgan fingerprint density at radius 2 is 1.67 bits per heavy atom. The van der Waals surface area contributed by atoms with Gasteiger partial charge in [0.2, 0.25) is 5.91 Å². The first-order chi connectivity index (χ1) is 14.6. The van der Waals surface area contributed by atoms with Crippen LogP contribution >= 0.6 is 23.5 Å². The number of hydrogen-bond acceptors (Lipinski definition) is 6. The number of rotatable bonds is 5. The largest absolute Gasteiger partial charge is 0.378 e. The molecular weight excluding hydrogens is 420 g/mol. The van der Waals surface area contributed by atoms with Crippen LogP contribution in [0.1, 0.15) is 5.56 Å².